The normalized spacial score (nSPS) is 17.9. The molecule has 1 spiro atoms. The van der Waals surface area contributed by atoms with Gasteiger partial charge in [0.2, 0.25) is 0 Å². The van der Waals surface area contributed by atoms with Crippen molar-refractivity contribution in [3.05, 3.63) is 76.2 Å². The number of aryl methyl sites for hydroxylation is 1. The lowest BCUT2D eigenvalue weighted by Crippen LogP contribution is -2.68. The second-order valence-electron chi connectivity index (χ2n) is 12.7. The lowest BCUT2D eigenvalue weighted by atomic mass is 9.90. The van der Waals surface area contributed by atoms with Crippen molar-refractivity contribution >= 4 is 40.0 Å². The summed E-state index contributed by atoms with van der Waals surface area (Å²) in [4.78, 5) is 37.5. The maximum Gasteiger partial charge on any atom is 0.290 e. The van der Waals surface area contributed by atoms with Gasteiger partial charge in [0, 0.05) is 55.9 Å². The van der Waals surface area contributed by atoms with E-state index in [0.29, 0.717) is 38.0 Å². The molecule has 8 rings (SSSR count). The lowest BCUT2D eigenvalue weighted by Gasteiger charge is -2.53. The number of hydrogen-bond acceptors (Lipinski definition) is 10. The van der Waals surface area contributed by atoms with Crippen molar-refractivity contribution in [3.8, 4) is 11.8 Å². The van der Waals surface area contributed by atoms with Crippen LogP contribution < -0.4 is 15.4 Å². The van der Waals surface area contributed by atoms with Gasteiger partial charge in [-0.2, -0.15) is 5.10 Å². The summed E-state index contributed by atoms with van der Waals surface area (Å²) in [6.45, 7) is 10.6. The standard InChI is InChI=1S/C18H20N4O3.C17H19N3O.CH2O2/c1-13-18(11-24-12-18)25-6-5-22(13)16-7-14(8-19-17(16)23)3-4-15-9-20-21(2)10-15;1-11(2)16-18-14-12-7-3-4-8-13(12)21-15(14)17(19-16)20-9-5-6-10-20;2-1-3/h7-10,13H,5-6,11-12H2,1-2H3,(H,19,23);3-4,7-8,11H,5-6,9-10H2,1-2H3;1H,(H,2,3). The predicted octanol–water partition coefficient (Wildman–Crippen LogP) is 4.30. The van der Waals surface area contributed by atoms with Crippen molar-refractivity contribution in [1.82, 2.24) is 24.7 Å². The van der Waals surface area contributed by atoms with Gasteiger partial charge in [-0.25, -0.2) is 9.97 Å². The number of carboxylic acid groups (broad SMARTS) is 1. The number of aromatic amines is 1. The van der Waals surface area contributed by atoms with Gasteiger partial charge < -0.3 is 33.8 Å². The van der Waals surface area contributed by atoms with Gasteiger partial charge in [-0.1, -0.05) is 37.8 Å². The molecule has 1 atom stereocenters. The van der Waals surface area contributed by atoms with E-state index < -0.39 is 0 Å². The van der Waals surface area contributed by atoms with Crippen molar-refractivity contribution in [1.29, 1.82) is 0 Å². The van der Waals surface area contributed by atoms with E-state index in [-0.39, 0.29) is 23.7 Å². The Balaban J connectivity index is 0.000000159. The summed E-state index contributed by atoms with van der Waals surface area (Å²) in [5.74, 6) is 8.33. The highest BCUT2D eigenvalue weighted by Gasteiger charge is 2.50. The molecule has 49 heavy (non-hydrogen) atoms. The van der Waals surface area contributed by atoms with Crippen molar-refractivity contribution < 1.29 is 23.8 Å². The quantitative estimate of drug-likeness (QED) is 0.209. The molecular weight excluding hydrogens is 626 g/mol. The summed E-state index contributed by atoms with van der Waals surface area (Å²) in [6, 6.07) is 10.0. The first kappa shape index (κ1) is 33.7. The largest absolute Gasteiger partial charge is 0.483 e. The van der Waals surface area contributed by atoms with Gasteiger partial charge in [0.05, 0.1) is 37.6 Å². The van der Waals surface area contributed by atoms with Crippen LogP contribution in [-0.4, -0.2) is 87.4 Å². The van der Waals surface area contributed by atoms with Gasteiger partial charge in [-0.05, 0) is 38.0 Å². The summed E-state index contributed by atoms with van der Waals surface area (Å²) in [6.07, 6.45) is 7.65. The minimum Gasteiger partial charge on any atom is -0.483 e. The van der Waals surface area contributed by atoms with E-state index in [2.05, 4.69) is 58.6 Å². The highest BCUT2D eigenvalue weighted by atomic mass is 16.6. The number of anilines is 2. The van der Waals surface area contributed by atoms with Crippen LogP contribution in [0.1, 0.15) is 56.5 Å². The van der Waals surface area contributed by atoms with Crippen LogP contribution in [0.15, 0.2) is 58.1 Å². The summed E-state index contributed by atoms with van der Waals surface area (Å²) >= 11 is 0. The average molecular weight is 668 g/mol. The highest BCUT2D eigenvalue weighted by Crippen LogP contribution is 2.36. The van der Waals surface area contributed by atoms with E-state index in [1.165, 1.54) is 12.8 Å². The molecule has 3 saturated heterocycles. The molecule has 13 nitrogen and oxygen atoms in total. The molecule has 0 amide bonds. The van der Waals surface area contributed by atoms with E-state index in [1.807, 2.05) is 37.5 Å². The van der Waals surface area contributed by atoms with E-state index >= 15 is 0 Å². The second kappa shape index (κ2) is 14.5. The van der Waals surface area contributed by atoms with E-state index in [0.717, 1.165) is 57.9 Å². The van der Waals surface area contributed by atoms with Crippen LogP contribution in [-0.2, 0) is 21.3 Å². The van der Waals surface area contributed by atoms with Gasteiger partial charge in [0.1, 0.15) is 28.2 Å². The molecule has 5 aromatic rings. The van der Waals surface area contributed by atoms with Crippen LogP contribution in [0, 0.1) is 11.8 Å². The first-order valence-electron chi connectivity index (χ1n) is 16.5. The molecule has 3 aliphatic heterocycles. The number of carbonyl (C=O) groups is 1. The van der Waals surface area contributed by atoms with Crippen molar-refractivity contribution in [2.75, 3.05) is 49.3 Å². The Kier molecular flexibility index (Phi) is 9.98. The number of morpholine rings is 1. The predicted molar refractivity (Wildman–Crippen MR) is 186 cm³/mol. The van der Waals surface area contributed by atoms with Gasteiger partial charge in [0.25, 0.3) is 12.0 Å². The number of para-hydroxylation sites is 1. The average Bonchev–Trinajstić information content (AvgIpc) is 3.85. The lowest BCUT2D eigenvalue weighted by molar-refractivity contribution is -0.228. The molecule has 3 fully saturated rings. The second-order valence-corrected chi connectivity index (χ2v) is 12.7. The maximum atomic E-state index is 12.4. The number of ether oxygens (including phenoxy) is 2. The number of hydrogen-bond donors (Lipinski definition) is 2. The Bertz CT molecular complexity index is 2050. The molecule has 7 heterocycles. The zero-order valence-electron chi connectivity index (χ0n) is 28.2. The van der Waals surface area contributed by atoms with Crippen molar-refractivity contribution in [2.45, 2.75) is 51.2 Å². The first-order valence-corrected chi connectivity index (χ1v) is 16.5. The molecule has 256 valence electrons. The Morgan fingerprint density at radius 1 is 1.10 bits per heavy atom. The first-order chi connectivity index (χ1) is 23.7. The smallest absolute Gasteiger partial charge is 0.290 e. The van der Waals surface area contributed by atoms with Crippen LogP contribution in [0.5, 0.6) is 0 Å². The summed E-state index contributed by atoms with van der Waals surface area (Å²) in [5, 5.41) is 12.1. The molecule has 1 unspecified atom stereocenters. The van der Waals surface area contributed by atoms with Gasteiger partial charge in [-0.15, -0.1) is 0 Å². The third-order valence-corrected chi connectivity index (χ3v) is 9.03. The summed E-state index contributed by atoms with van der Waals surface area (Å²) in [7, 11) is 1.85. The van der Waals surface area contributed by atoms with Crippen LogP contribution >= 0.6 is 0 Å². The van der Waals surface area contributed by atoms with E-state index in [9.17, 15) is 4.79 Å². The number of nitrogens with zero attached hydrogens (tertiary/aromatic N) is 6. The fourth-order valence-electron chi connectivity index (χ4n) is 6.28. The zero-order chi connectivity index (χ0) is 34.5. The van der Waals surface area contributed by atoms with Gasteiger partial charge in [-0.3, -0.25) is 14.3 Å². The van der Waals surface area contributed by atoms with E-state index in [4.69, 9.17) is 33.8 Å². The van der Waals surface area contributed by atoms with Crippen molar-refractivity contribution in [3.63, 3.8) is 0 Å². The molecular formula is C36H41N7O6. The Morgan fingerprint density at radius 3 is 2.51 bits per heavy atom. The van der Waals surface area contributed by atoms with Gasteiger partial charge in [0.15, 0.2) is 11.4 Å². The summed E-state index contributed by atoms with van der Waals surface area (Å²) < 4.78 is 19.0. The Morgan fingerprint density at radius 2 is 1.84 bits per heavy atom. The van der Waals surface area contributed by atoms with E-state index in [1.54, 1.807) is 17.1 Å². The minimum atomic E-state index is -0.303. The van der Waals surface area contributed by atoms with Crippen LogP contribution in [0.25, 0.3) is 22.1 Å². The Hall–Kier alpha value is -5.19. The highest BCUT2D eigenvalue weighted by molar-refractivity contribution is 6.05. The molecule has 13 heteroatoms. The SMILES string of the molecule is CC(C)c1nc(N2CCCC2)c2oc3ccccc3c2n1.CC1N(c2cc(C#Cc3cnn(C)c3)c[nH]c2=O)CCOC12COC2.O=CO. The number of benzene rings is 1. The van der Waals surface area contributed by atoms with Crippen molar-refractivity contribution in [2.24, 2.45) is 7.05 Å². The number of nitrogens with one attached hydrogen (secondary N) is 1. The molecule has 0 radical (unpaired) electrons. The topological polar surface area (TPSA) is 152 Å². The minimum absolute atomic E-state index is 0.0673. The molecule has 0 aliphatic carbocycles. The third-order valence-electron chi connectivity index (χ3n) is 9.03. The fourth-order valence-corrected chi connectivity index (χ4v) is 6.28. The van der Waals surface area contributed by atoms with Crippen LogP contribution in [0.4, 0.5) is 11.5 Å². The number of furan rings is 1. The van der Waals surface area contributed by atoms with Gasteiger partial charge >= 0.3 is 0 Å². The monoisotopic (exact) mass is 667 g/mol. The fraction of sp³-hybridized carbons (Fsp3) is 0.417. The number of H-pyrrole nitrogens is 1. The molecule has 0 saturated carbocycles. The molecule has 4 aromatic heterocycles. The zero-order valence-corrected chi connectivity index (χ0v) is 28.2. The third kappa shape index (κ3) is 7.02. The number of aromatic nitrogens is 5. The number of pyridine rings is 1. The van der Waals surface area contributed by atoms with Crippen LogP contribution in [0.2, 0.25) is 0 Å². The maximum absolute atomic E-state index is 12.4. The molecule has 3 aliphatic rings. The number of rotatable bonds is 3. The molecule has 1 aromatic carbocycles. The summed E-state index contributed by atoms with van der Waals surface area (Å²) in [5.41, 5.74) is 4.48. The van der Waals surface area contributed by atoms with Crippen LogP contribution in [0.3, 0.4) is 0 Å². The Labute approximate surface area is 283 Å². The number of fused-ring (bicyclic) bond motifs is 3. The molecule has 0 bridgehead atoms. The molecule has 2 N–H and O–H groups in total.